The molecule has 0 aliphatic heterocycles. The molecule has 0 heterocycles. The first-order chi connectivity index (χ1) is 8.01. The van der Waals surface area contributed by atoms with Crippen LogP contribution in [0.5, 0.6) is 0 Å². The van der Waals surface area contributed by atoms with Gasteiger partial charge in [0.05, 0.1) is 11.5 Å². The Balaban J connectivity index is 3.29. The number of rotatable bonds is 3. The summed E-state index contributed by atoms with van der Waals surface area (Å²) in [6.07, 6.45) is 0.326. The minimum absolute atomic E-state index is 0.0348. The van der Waals surface area contributed by atoms with Gasteiger partial charge in [0.25, 0.3) is 0 Å². The highest BCUT2D eigenvalue weighted by molar-refractivity contribution is 7.89. The summed E-state index contributed by atoms with van der Waals surface area (Å²) in [5.74, 6) is 5.49. The molecule has 0 aliphatic rings. The maximum absolute atomic E-state index is 11.7. The summed E-state index contributed by atoms with van der Waals surface area (Å²) in [4.78, 5) is 0.163. The van der Waals surface area contributed by atoms with Gasteiger partial charge >= 0.3 is 0 Å². The Bertz CT molecular complexity index is 553. The Morgan fingerprint density at radius 2 is 2.12 bits per heavy atom. The zero-order valence-electron chi connectivity index (χ0n) is 9.82. The van der Waals surface area contributed by atoms with E-state index in [2.05, 4.69) is 16.6 Å². The second-order valence-electron chi connectivity index (χ2n) is 3.48. The summed E-state index contributed by atoms with van der Waals surface area (Å²) in [6, 6.07) is 4.97. The molecule has 1 aromatic carbocycles. The summed E-state index contributed by atoms with van der Waals surface area (Å²) in [6.45, 7) is 1.83. The number of hydrogen-bond donors (Lipinski definition) is 2. The molecule has 1 aromatic rings. The van der Waals surface area contributed by atoms with Gasteiger partial charge in [0, 0.05) is 12.0 Å². The van der Waals surface area contributed by atoms with Gasteiger partial charge in [-0.1, -0.05) is 17.9 Å². The molecule has 0 saturated heterocycles. The average Bonchev–Trinajstić information content (AvgIpc) is 2.29. The molecule has 0 saturated carbocycles. The molecule has 0 fully saturated rings. The lowest BCUT2D eigenvalue weighted by atomic mass is 10.1. The van der Waals surface area contributed by atoms with Gasteiger partial charge < -0.3 is 5.11 Å². The number of aliphatic hydroxyl groups is 1. The van der Waals surface area contributed by atoms with E-state index in [4.69, 9.17) is 5.11 Å². The van der Waals surface area contributed by atoms with E-state index in [9.17, 15) is 8.42 Å². The largest absolute Gasteiger partial charge is 0.395 e. The normalized spacial score (nSPS) is 10.8. The highest BCUT2D eigenvalue weighted by Crippen LogP contribution is 2.16. The van der Waals surface area contributed by atoms with E-state index < -0.39 is 10.0 Å². The van der Waals surface area contributed by atoms with Gasteiger partial charge in [0.15, 0.2) is 0 Å². The molecule has 0 atom stereocenters. The van der Waals surface area contributed by atoms with Crippen LogP contribution < -0.4 is 4.72 Å². The van der Waals surface area contributed by atoms with Crippen LogP contribution in [0.3, 0.4) is 0 Å². The fourth-order valence-electron chi connectivity index (χ4n) is 1.30. The Hall–Kier alpha value is -1.35. The van der Waals surface area contributed by atoms with Crippen LogP contribution in [0.15, 0.2) is 23.1 Å². The van der Waals surface area contributed by atoms with Gasteiger partial charge in [-0.25, -0.2) is 13.1 Å². The summed E-state index contributed by atoms with van der Waals surface area (Å²) in [7, 11) is -2.14. The number of sulfonamides is 1. The Morgan fingerprint density at radius 1 is 1.41 bits per heavy atom. The van der Waals surface area contributed by atoms with Crippen molar-refractivity contribution in [1.82, 2.24) is 4.72 Å². The van der Waals surface area contributed by atoms with Crippen LogP contribution in [0.2, 0.25) is 0 Å². The van der Waals surface area contributed by atoms with Crippen molar-refractivity contribution >= 4 is 10.0 Å². The lowest BCUT2D eigenvalue weighted by Gasteiger charge is -2.06. The SMILES string of the molecule is CNS(=O)(=O)c1ccc(C)cc1C#CCCO. The summed E-state index contributed by atoms with van der Waals surface area (Å²) >= 11 is 0. The van der Waals surface area contributed by atoms with Gasteiger partial charge in [-0.2, -0.15) is 0 Å². The van der Waals surface area contributed by atoms with Gasteiger partial charge in [0.2, 0.25) is 10.0 Å². The molecule has 1 rings (SSSR count). The summed E-state index contributed by atoms with van der Waals surface area (Å²) in [5, 5.41) is 8.64. The molecule has 0 bridgehead atoms. The maximum Gasteiger partial charge on any atom is 0.241 e. The molecule has 0 aliphatic carbocycles. The molecule has 0 radical (unpaired) electrons. The molecule has 0 unspecified atom stereocenters. The van der Waals surface area contributed by atoms with Gasteiger partial charge in [-0.3, -0.25) is 0 Å². The van der Waals surface area contributed by atoms with E-state index in [-0.39, 0.29) is 11.5 Å². The first kappa shape index (κ1) is 13.7. The highest BCUT2D eigenvalue weighted by atomic mass is 32.2. The number of benzene rings is 1. The zero-order valence-corrected chi connectivity index (χ0v) is 10.6. The molecule has 92 valence electrons. The number of hydrogen-bond acceptors (Lipinski definition) is 3. The standard InChI is InChI=1S/C12H15NO3S/c1-10-6-7-12(17(15,16)13-2)11(9-10)5-3-4-8-14/h6-7,9,13-14H,4,8H2,1-2H3. The topological polar surface area (TPSA) is 66.4 Å². The van der Waals surface area contributed by atoms with Crippen LogP contribution in [-0.2, 0) is 10.0 Å². The number of aliphatic hydroxyl groups excluding tert-OH is 1. The van der Waals surface area contributed by atoms with Crippen LogP contribution in [0.25, 0.3) is 0 Å². The first-order valence-corrected chi connectivity index (χ1v) is 6.63. The molecular formula is C12H15NO3S. The average molecular weight is 253 g/mol. The molecule has 4 nitrogen and oxygen atoms in total. The van der Waals surface area contributed by atoms with E-state index >= 15 is 0 Å². The fourth-order valence-corrected chi connectivity index (χ4v) is 2.17. The van der Waals surface area contributed by atoms with E-state index in [1.807, 2.05) is 6.92 Å². The highest BCUT2D eigenvalue weighted by Gasteiger charge is 2.15. The monoisotopic (exact) mass is 253 g/mol. The van der Waals surface area contributed by atoms with Crippen molar-refractivity contribution in [2.45, 2.75) is 18.2 Å². The van der Waals surface area contributed by atoms with E-state index in [1.54, 1.807) is 12.1 Å². The third-order valence-electron chi connectivity index (χ3n) is 2.15. The first-order valence-electron chi connectivity index (χ1n) is 5.15. The summed E-state index contributed by atoms with van der Waals surface area (Å²) < 4.78 is 25.7. The minimum Gasteiger partial charge on any atom is -0.395 e. The smallest absolute Gasteiger partial charge is 0.241 e. The van der Waals surface area contributed by atoms with Crippen LogP contribution in [0.1, 0.15) is 17.5 Å². The van der Waals surface area contributed by atoms with E-state index in [0.29, 0.717) is 12.0 Å². The van der Waals surface area contributed by atoms with Crippen molar-refractivity contribution in [3.8, 4) is 11.8 Å². The van der Waals surface area contributed by atoms with Crippen LogP contribution >= 0.6 is 0 Å². The van der Waals surface area contributed by atoms with Crippen LogP contribution in [-0.4, -0.2) is 27.2 Å². The molecule has 2 N–H and O–H groups in total. The van der Waals surface area contributed by atoms with E-state index in [1.165, 1.54) is 13.1 Å². The van der Waals surface area contributed by atoms with Gasteiger partial charge in [-0.05, 0) is 31.7 Å². The quantitative estimate of drug-likeness (QED) is 0.777. The van der Waals surface area contributed by atoms with Crippen molar-refractivity contribution < 1.29 is 13.5 Å². The van der Waals surface area contributed by atoms with Crippen molar-refractivity contribution in [3.63, 3.8) is 0 Å². The second kappa shape index (κ2) is 5.82. The molecule has 5 heteroatoms. The molecule has 0 amide bonds. The van der Waals surface area contributed by atoms with Crippen LogP contribution in [0.4, 0.5) is 0 Å². The number of nitrogens with one attached hydrogen (secondary N) is 1. The van der Waals surface area contributed by atoms with Crippen molar-refractivity contribution in [2.24, 2.45) is 0 Å². The predicted molar refractivity (Wildman–Crippen MR) is 66.0 cm³/mol. The van der Waals surface area contributed by atoms with Gasteiger partial charge in [-0.15, -0.1) is 0 Å². The number of aryl methyl sites for hydroxylation is 1. The lowest BCUT2D eigenvalue weighted by Crippen LogP contribution is -2.19. The Morgan fingerprint density at radius 3 is 2.71 bits per heavy atom. The molecule has 0 aromatic heterocycles. The van der Waals surface area contributed by atoms with Gasteiger partial charge in [0.1, 0.15) is 0 Å². The lowest BCUT2D eigenvalue weighted by molar-refractivity contribution is 0.305. The fraction of sp³-hybridized carbons (Fsp3) is 0.333. The predicted octanol–water partition coefficient (Wildman–Crippen LogP) is 0.637. The molecular weight excluding hydrogens is 238 g/mol. The third-order valence-corrected chi connectivity index (χ3v) is 3.63. The van der Waals surface area contributed by atoms with Crippen molar-refractivity contribution in [2.75, 3.05) is 13.7 Å². The van der Waals surface area contributed by atoms with Crippen molar-refractivity contribution in [3.05, 3.63) is 29.3 Å². The Labute approximate surface area is 102 Å². The minimum atomic E-state index is -3.50. The second-order valence-corrected chi connectivity index (χ2v) is 5.34. The molecule has 17 heavy (non-hydrogen) atoms. The maximum atomic E-state index is 11.7. The Kier molecular flexibility index (Phi) is 4.70. The van der Waals surface area contributed by atoms with E-state index in [0.717, 1.165) is 5.56 Å². The third kappa shape index (κ3) is 3.56. The summed E-state index contributed by atoms with van der Waals surface area (Å²) in [5.41, 5.74) is 1.39. The zero-order chi connectivity index (χ0) is 12.9. The van der Waals surface area contributed by atoms with Crippen molar-refractivity contribution in [1.29, 1.82) is 0 Å². The molecule has 0 spiro atoms. The van der Waals surface area contributed by atoms with Crippen LogP contribution in [0, 0.1) is 18.8 Å².